The summed E-state index contributed by atoms with van der Waals surface area (Å²) in [6, 6.07) is 12.3. The van der Waals surface area contributed by atoms with Crippen LogP contribution < -0.4 is 0 Å². The number of esters is 1. The van der Waals surface area contributed by atoms with Crippen LogP contribution in [0.2, 0.25) is 5.02 Å². The minimum absolute atomic E-state index is 0.358. The summed E-state index contributed by atoms with van der Waals surface area (Å²) in [5.41, 5.74) is 2.16. The van der Waals surface area contributed by atoms with E-state index < -0.39 is 5.60 Å². The summed E-state index contributed by atoms with van der Waals surface area (Å²) in [4.78, 5) is 22.9. The van der Waals surface area contributed by atoms with Gasteiger partial charge in [0.2, 0.25) is 0 Å². The molecule has 0 amide bonds. The van der Waals surface area contributed by atoms with Crippen LogP contribution in [-0.2, 0) is 4.74 Å². The van der Waals surface area contributed by atoms with E-state index in [4.69, 9.17) is 16.3 Å². The SMILES string of the molecule is CC(C)(C)OC(=O)c1ccc(-c2ccc(Cl)c(C=O)c2)cc1. The van der Waals surface area contributed by atoms with Crippen LogP contribution in [0.5, 0.6) is 0 Å². The lowest BCUT2D eigenvalue weighted by Gasteiger charge is -2.19. The van der Waals surface area contributed by atoms with Crippen LogP contribution in [-0.4, -0.2) is 17.9 Å². The zero-order valence-corrected chi connectivity index (χ0v) is 13.5. The smallest absolute Gasteiger partial charge is 0.338 e. The van der Waals surface area contributed by atoms with E-state index in [1.54, 1.807) is 24.3 Å². The van der Waals surface area contributed by atoms with Gasteiger partial charge in [0.1, 0.15) is 5.60 Å². The Hall–Kier alpha value is -2.13. The van der Waals surface area contributed by atoms with Gasteiger partial charge >= 0.3 is 5.97 Å². The van der Waals surface area contributed by atoms with Crippen LogP contribution in [0.15, 0.2) is 42.5 Å². The molecule has 0 atom stereocenters. The highest BCUT2D eigenvalue weighted by atomic mass is 35.5. The Labute approximate surface area is 134 Å². The van der Waals surface area contributed by atoms with Gasteiger partial charge in [0, 0.05) is 5.56 Å². The number of halogens is 1. The van der Waals surface area contributed by atoms with Gasteiger partial charge in [-0.25, -0.2) is 4.79 Å². The topological polar surface area (TPSA) is 43.4 Å². The first-order chi connectivity index (χ1) is 10.3. The van der Waals surface area contributed by atoms with Gasteiger partial charge in [0.25, 0.3) is 0 Å². The molecule has 0 bridgehead atoms. The summed E-state index contributed by atoms with van der Waals surface area (Å²) in [6.45, 7) is 5.48. The number of ether oxygens (including phenoxy) is 1. The molecule has 114 valence electrons. The lowest BCUT2D eigenvalue weighted by Crippen LogP contribution is -2.23. The molecule has 0 spiro atoms. The van der Waals surface area contributed by atoms with E-state index in [2.05, 4.69) is 0 Å². The second-order valence-corrected chi connectivity index (χ2v) is 6.34. The van der Waals surface area contributed by atoms with Crippen molar-refractivity contribution in [2.75, 3.05) is 0 Å². The van der Waals surface area contributed by atoms with Gasteiger partial charge in [-0.1, -0.05) is 29.8 Å². The zero-order chi connectivity index (χ0) is 16.3. The lowest BCUT2D eigenvalue weighted by molar-refractivity contribution is 0.00695. The van der Waals surface area contributed by atoms with Crippen LogP contribution in [0.4, 0.5) is 0 Å². The highest BCUT2D eigenvalue weighted by Crippen LogP contribution is 2.25. The lowest BCUT2D eigenvalue weighted by atomic mass is 10.0. The van der Waals surface area contributed by atoms with Gasteiger partial charge in [0.05, 0.1) is 10.6 Å². The maximum Gasteiger partial charge on any atom is 0.338 e. The van der Waals surface area contributed by atoms with E-state index in [0.717, 1.165) is 17.4 Å². The minimum Gasteiger partial charge on any atom is -0.456 e. The zero-order valence-electron chi connectivity index (χ0n) is 12.7. The third-order valence-electron chi connectivity index (χ3n) is 2.98. The van der Waals surface area contributed by atoms with E-state index in [1.807, 2.05) is 39.0 Å². The van der Waals surface area contributed by atoms with Crippen molar-refractivity contribution in [2.45, 2.75) is 26.4 Å². The molecule has 0 aliphatic rings. The predicted octanol–water partition coefficient (Wildman–Crippen LogP) is 4.77. The van der Waals surface area contributed by atoms with Crippen molar-refractivity contribution >= 4 is 23.9 Å². The largest absolute Gasteiger partial charge is 0.456 e. The number of carbonyl (C=O) groups is 2. The standard InChI is InChI=1S/C18H17ClO3/c1-18(2,3)22-17(21)13-6-4-12(5-7-13)14-8-9-16(19)15(10-14)11-20/h4-11H,1-3H3. The number of hydrogen-bond donors (Lipinski definition) is 0. The van der Waals surface area contributed by atoms with E-state index in [1.165, 1.54) is 0 Å². The Morgan fingerprint density at radius 2 is 1.64 bits per heavy atom. The van der Waals surface area contributed by atoms with E-state index >= 15 is 0 Å². The van der Waals surface area contributed by atoms with Gasteiger partial charge in [0.15, 0.2) is 6.29 Å². The summed E-state index contributed by atoms with van der Waals surface area (Å²) in [7, 11) is 0. The van der Waals surface area contributed by atoms with Crippen molar-refractivity contribution in [3.63, 3.8) is 0 Å². The first-order valence-corrected chi connectivity index (χ1v) is 7.26. The Morgan fingerprint density at radius 1 is 1.05 bits per heavy atom. The number of hydrogen-bond acceptors (Lipinski definition) is 3. The van der Waals surface area contributed by atoms with Crippen molar-refractivity contribution in [1.82, 2.24) is 0 Å². The molecule has 0 heterocycles. The second kappa shape index (κ2) is 6.32. The van der Waals surface area contributed by atoms with Gasteiger partial charge in [-0.05, 0) is 56.2 Å². The van der Waals surface area contributed by atoms with Gasteiger partial charge in [-0.3, -0.25) is 4.79 Å². The number of benzene rings is 2. The van der Waals surface area contributed by atoms with E-state index in [-0.39, 0.29) is 5.97 Å². The molecule has 0 aliphatic carbocycles. The molecule has 0 aromatic heterocycles. The first kappa shape index (κ1) is 16.2. The fourth-order valence-corrected chi connectivity index (χ4v) is 2.11. The molecule has 0 saturated heterocycles. The van der Waals surface area contributed by atoms with Gasteiger partial charge < -0.3 is 4.74 Å². The Morgan fingerprint density at radius 3 is 2.18 bits per heavy atom. The highest BCUT2D eigenvalue weighted by Gasteiger charge is 2.17. The van der Waals surface area contributed by atoms with Crippen molar-refractivity contribution in [3.8, 4) is 11.1 Å². The summed E-state index contributed by atoms with van der Waals surface area (Å²) in [5.74, 6) is -0.358. The molecule has 0 aliphatic heterocycles. The maximum absolute atomic E-state index is 12.0. The molecule has 3 nitrogen and oxygen atoms in total. The summed E-state index contributed by atoms with van der Waals surface area (Å²) >= 11 is 5.92. The van der Waals surface area contributed by atoms with Crippen LogP contribution in [0, 0.1) is 0 Å². The quantitative estimate of drug-likeness (QED) is 0.605. The van der Waals surface area contributed by atoms with Gasteiger partial charge in [-0.15, -0.1) is 0 Å². The van der Waals surface area contributed by atoms with Crippen LogP contribution >= 0.6 is 11.6 Å². The first-order valence-electron chi connectivity index (χ1n) is 6.89. The number of aldehydes is 1. The monoisotopic (exact) mass is 316 g/mol. The van der Waals surface area contributed by atoms with Crippen LogP contribution in [0.25, 0.3) is 11.1 Å². The summed E-state index contributed by atoms with van der Waals surface area (Å²) in [5, 5.41) is 0.420. The Balaban J connectivity index is 2.25. The van der Waals surface area contributed by atoms with Crippen LogP contribution in [0.1, 0.15) is 41.5 Å². The molecule has 22 heavy (non-hydrogen) atoms. The average molecular weight is 317 g/mol. The molecule has 0 saturated carbocycles. The van der Waals surface area contributed by atoms with Crippen molar-refractivity contribution in [3.05, 3.63) is 58.6 Å². The molecule has 2 rings (SSSR count). The second-order valence-electron chi connectivity index (χ2n) is 5.93. The van der Waals surface area contributed by atoms with Crippen molar-refractivity contribution < 1.29 is 14.3 Å². The van der Waals surface area contributed by atoms with Crippen molar-refractivity contribution in [2.24, 2.45) is 0 Å². The molecule has 4 heteroatoms. The van der Waals surface area contributed by atoms with Crippen LogP contribution in [0.3, 0.4) is 0 Å². The van der Waals surface area contributed by atoms with E-state index in [9.17, 15) is 9.59 Å². The average Bonchev–Trinajstić information content (AvgIpc) is 2.46. The highest BCUT2D eigenvalue weighted by molar-refractivity contribution is 6.33. The third kappa shape index (κ3) is 3.95. The molecule has 0 unspecified atom stereocenters. The fraction of sp³-hybridized carbons (Fsp3) is 0.222. The number of carbonyl (C=O) groups excluding carboxylic acids is 2. The molecule has 0 N–H and O–H groups in total. The Kier molecular flexibility index (Phi) is 4.67. The summed E-state index contributed by atoms with van der Waals surface area (Å²) < 4.78 is 5.32. The minimum atomic E-state index is -0.523. The molecule has 0 fully saturated rings. The number of rotatable bonds is 3. The molecule has 0 radical (unpaired) electrons. The molecule has 2 aromatic rings. The Bertz CT molecular complexity index is 697. The van der Waals surface area contributed by atoms with Crippen molar-refractivity contribution in [1.29, 1.82) is 0 Å². The third-order valence-corrected chi connectivity index (χ3v) is 3.32. The normalized spacial score (nSPS) is 11.1. The molecular weight excluding hydrogens is 300 g/mol. The predicted molar refractivity (Wildman–Crippen MR) is 87.4 cm³/mol. The maximum atomic E-state index is 12.0. The molecular formula is C18H17ClO3. The summed E-state index contributed by atoms with van der Waals surface area (Å²) in [6.07, 6.45) is 0.723. The molecule has 2 aromatic carbocycles. The fourth-order valence-electron chi connectivity index (χ4n) is 1.95. The van der Waals surface area contributed by atoms with E-state index in [0.29, 0.717) is 16.1 Å². The van der Waals surface area contributed by atoms with Gasteiger partial charge in [-0.2, -0.15) is 0 Å².